The van der Waals surface area contributed by atoms with Crippen molar-refractivity contribution in [2.45, 2.75) is 58.5 Å². The summed E-state index contributed by atoms with van der Waals surface area (Å²) < 4.78 is 29.1. The smallest absolute Gasteiger partial charge is 0.261 e. The lowest BCUT2D eigenvalue weighted by Crippen LogP contribution is -2.22. The van der Waals surface area contributed by atoms with Gasteiger partial charge in [0, 0.05) is 13.2 Å². The number of rotatable bonds is 13. The Labute approximate surface area is 136 Å². The molecule has 22 heavy (non-hydrogen) atoms. The molecule has 0 fully saturated rings. The molecule has 1 aromatic carbocycles. The molecule has 0 aliphatic carbocycles. The molecule has 0 aliphatic rings. The van der Waals surface area contributed by atoms with Crippen molar-refractivity contribution >= 4 is 9.76 Å². The van der Waals surface area contributed by atoms with Crippen molar-refractivity contribution in [3.8, 4) is 0 Å². The number of unbranched alkanes of at least 4 members (excludes halogenated alkanes) is 3. The highest BCUT2D eigenvalue weighted by Crippen LogP contribution is 2.10. The summed E-state index contributed by atoms with van der Waals surface area (Å²) in [4.78, 5) is 0. The van der Waals surface area contributed by atoms with Gasteiger partial charge in [-0.2, -0.15) is 0 Å². The largest absolute Gasteiger partial charge is 0.379 e. The molecule has 0 amide bonds. The van der Waals surface area contributed by atoms with E-state index < -0.39 is 16.2 Å². The van der Waals surface area contributed by atoms with Crippen LogP contribution in [0.3, 0.4) is 0 Å². The van der Waals surface area contributed by atoms with Gasteiger partial charge in [0.1, 0.15) is 5.82 Å². The van der Waals surface area contributed by atoms with Crippen molar-refractivity contribution in [2.24, 2.45) is 0 Å². The Hall–Kier alpha value is -0.753. The zero-order chi connectivity index (χ0) is 16.0. The molecule has 1 rings (SSSR count). The Morgan fingerprint density at radius 2 is 1.59 bits per heavy atom. The van der Waals surface area contributed by atoms with Gasteiger partial charge in [-0.3, -0.25) is 0 Å². The topological polar surface area (TPSA) is 27.7 Å². The molecule has 126 valence electrons. The zero-order valence-electron chi connectivity index (χ0n) is 13.9. The van der Waals surface area contributed by atoms with Crippen molar-refractivity contribution in [3.05, 3.63) is 35.6 Å². The van der Waals surface area contributed by atoms with Crippen LogP contribution < -0.4 is 0 Å². The Balaban J connectivity index is 1.95. The monoisotopic (exact) mass is 328 g/mol. The van der Waals surface area contributed by atoms with Gasteiger partial charge in [0.25, 0.3) is 6.48 Å². The summed E-state index contributed by atoms with van der Waals surface area (Å²) in [5.41, 5.74) is 1.22. The fourth-order valence-corrected chi connectivity index (χ4v) is 3.32. The van der Waals surface area contributed by atoms with Crippen LogP contribution in [0.25, 0.3) is 0 Å². The van der Waals surface area contributed by atoms with Crippen molar-refractivity contribution in [1.82, 2.24) is 0 Å². The van der Waals surface area contributed by atoms with Crippen LogP contribution in [-0.4, -0.2) is 29.5 Å². The number of halogens is 1. The van der Waals surface area contributed by atoms with Gasteiger partial charge >= 0.3 is 0 Å². The van der Waals surface area contributed by atoms with Crippen molar-refractivity contribution < 1.29 is 18.3 Å². The number of aryl methyl sites for hydroxylation is 1. The third kappa shape index (κ3) is 9.30. The van der Waals surface area contributed by atoms with E-state index in [1.807, 2.05) is 26.0 Å². The third-order valence-electron chi connectivity index (χ3n) is 3.38. The molecule has 0 heterocycles. The van der Waals surface area contributed by atoms with E-state index in [9.17, 15) is 4.39 Å². The maximum atomic E-state index is 12.8. The van der Waals surface area contributed by atoms with Crippen LogP contribution in [0.1, 0.15) is 45.1 Å². The quantitative estimate of drug-likeness (QED) is 0.313. The average Bonchev–Trinajstić information content (AvgIpc) is 2.52. The summed E-state index contributed by atoms with van der Waals surface area (Å²) >= 11 is 0. The van der Waals surface area contributed by atoms with E-state index >= 15 is 0 Å². The van der Waals surface area contributed by atoms with Gasteiger partial charge in [0.2, 0.25) is 0 Å². The molecule has 0 aromatic heterocycles. The van der Waals surface area contributed by atoms with E-state index in [0.717, 1.165) is 18.9 Å². The molecule has 0 atom stereocenters. The van der Waals surface area contributed by atoms with Crippen molar-refractivity contribution in [2.75, 3.05) is 13.2 Å². The summed E-state index contributed by atoms with van der Waals surface area (Å²) in [5, 5.41) is 0. The third-order valence-corrected chi connectivity index (χ3v) is 4.68. The first kappa shape index (κ1) is 19.3. The summed E-state index contributed by atoms with van der Waals surface area (Å²) in [5.74, 6) is -0.161. The van der Waals surface area contributed by atoms with Crippen LogP contribution in [0.15, 0.2) is 24.3 Å². The van der Waals surface area contributed by atoms with Gasteiger partial charge in [-0.25, -0.2) is 4.39 Å². The maximum Gasteiger partial charge on any atom is 0.261 e. The van der Waals surface area contributed by atoms with Crippen LogP contribution in [0.4, 0.5) is 4.39 Å². The Bertz CT molecular complexity index is 367. The number of hydrogen-bond acceptors (Lipinski definition) is 3. The fourth-order valence-electron chi connectivity index (χ4n) is 2.21. The highest BCUT2D eigenvalue weighted by atomic mass is 28.2. The number of hydrogen-bond donors (Lipinski definition) is 0. The minimum atomic E-state index is -0.558. The van der Waals surface area contributed by atoms with Gasteiger partial charge in [-0.05, 0) is 50.4 Å². The molecule has 0 radical (unpaired) electrons. The normalized spacial score (nSPS) is 11.8. The molecule has 3 nitrogen and oxygen atoms in total. The summed E-state index contributed by atoms with van der Waals surface area (Å²) in [7, 11) is -0.558. The fraction of sp³-hybridized carbons (Fsp3) is 0.647. The molecule has 0 unspecified atom stereocenters. The highest BCUT2D eigenvalue weighted by molar-refractivity contribution is 6.27. The first-order valence-electron chi connectivity index (χ1n) is 8.35. The maximum absolute atomic E-state index is 12.8. The Kier molecular flexibility index (Phi) is 11.2. The Morgan fingerprint density at radius 1 is 0.955 bits per heavy atom. The van der Waals surface area contributed by atoms with Crippen LogP contribution in [0, 0.1) is 5.82 Å². The molecule has 0 bridgehead atoms. The molecule has 0 saturated heterocycles. The van der Waals surface area contributed by atoms with E-state index in [-0.39, 0.29) is 5.82 Å². The van der Waals surface area contributed by atoms with E-state index in [0.29, 0.717) is 13.2 Å². The van der Waals surface area contributed by atoms with E-state index in [2.05, 4.69) is 0 Å². The first-order valence-corrected chi connectivity index (χ1v) is 9.93. The van der Waals surface area contributed by atoms with Gasteiger partial charge in [-0.1, -0.05) is 31.4 Å². The molecule has 1 aromatic rings. The summed E-state index contributed by atoms with van der Waals surface area (Å²) in [6.45, 7) is 4.65. The summed E-state index contributed by atoms with van der Waals surface area (Å²) in [6.07, 6.45) is 5.84. The SMILES string of the molecule is CCOC(OCC)O[SiH2]CCCCCCc1ccc(F)cc1. The average molecular weight is 328 g/mol. The number of benzene rings is 1. The Morgan fingerprint density at radius 3 is 2.23 bits per heavy atom. The molecule has 0 spiro atoms. The van der Waals surface area contributed by atoms with Gasteiger partial charge in [0.05, 0.1) is 0 Å². The molecule has 0 N–H and O–H groups in total. The van der Waals surface area contributed by atoms with Crippen LogP contribution in [0.2, 0.25) is 6.04 Å². The van der Waals surface area contributed by atoms with Crippen LogP contribution in [-0.2, 0) is 20.3 Å². The second-order valence-electron chi connectivity index (χ2n) is 5.21. The second kappa shape index (κ2) is 12.8. The standard InChI is InChI=1S/C17H29FO3Si/c1-3-19-17(20-4-2)21-22-14-8-6-5-7-9-15-10-12-16(18)13-11-15/h10-13,17H,3-9,14,22H2,1-2H3. The van der Waals surface area contributed by atoms with Crippen LogP contribution >= 0.6 is 0 Å². The molecular weight excluding hydrogens is 299 g/mol. The molecule has 0 saturated carbocycles. The van der Waals surface area contributed by atoms with Gasteiger partial charge in [0.15, 0.2) is 9.76 Å². The van der Waals surface area contributed by atoms with E-state index in [1.165, 1.54) is 37.0 Å². The van der Waals surface area contributed by atoms with Crippen LogP contribution in [0.5, 0.6) is 0 Å². The molecule has 0 aliphatic heterocycles. The van der Waals surface area contributed by atoms with E-state index in [1.54, 1.807) is 0 Å². The lowest BCUT2D eigenvalue weighted by molar-refractivity contribution is -0.243. The number of ether oxygens (including phenoxy) is 2. The molecule has 5 heteroatoms. The predicted octanol–water partition coefficient (Wildman–Crippen LogP) is 3.80. The minimum Gasteiger partial charge on any atom is -0.379 e. The molecular formula is C17H29FO3Si. The first-order chi connectivity index (χ1) is 10.8. The predicted molar refractivity (Wildman–Crippen MR) is 90.0 cm³/mol. The van der Waals surface area contributed by atoms with Crippen molar-refractivity contribution in [3.63, 3.8) is 0 Å². The van der Waals surface area contributed by atoms with E-state index in [4.69, 9.17) is 13.9 Å². The zero-order valence-corrected chi connectivity index (χ0v) is 15.3. The summed E-state index contributed by atoms with van der Waals surface area (Å²) in [6, 6.07) is 7.97. The lowest BCUT2D eigenvalue weighted by atomic mass is 10.1. The second-order valence-corrected chi connectivity index (χ2v) is 6.66. The van der Waals surface area contributed by atoms with Gasteiger partial charge in [-0.15, -0.1) is 0 Å². The highest BCUT2D eigenvalue weighted by Gasteiger charge is 2.06. The van der Waals surface area contributed by atoms with Gasteiger partial charge < -0.3 is 13.9 Å². The lowest BCUT2D eigenvalue weighted by Gasteiger charge is -2.17. The minimum absolute atomic E-state index is 0.161. The van der Waals surface area contributed by atoms with Crippen molar-refractivity contribution in [1.29, 1.82) is 0 Å².